The van der Waals surface area contributed by atoms with Crippen molar-refractivity contribution >= 4 is 17.3 Å². The Bertz CT molecular complexity index is 614. The van der Waals surface area contributed by atoms with Crippen molar-refractivity contribution in [3.8, 4) is 5.75 Å². The molecule has 0 aliphatic carbocycles. The molecule has 106 valence electrons. The van der Waals surface area contributed by atoms with Gasteiger partial charge in [-0.15, -0.1) is 0 Å². The zero-order valence-electron chi connectivity index (χ0n) is 11.8. The van der Waals surface area contributed by atoms with Crippen molar-refractivity contribution in [2.75, 3.05) is 4.90 Å². The lowest BCUT2D eigenvalue weighted by Crippen LogP contribution is -2.30. The number of carbonyl (C=O) groups is 1. The van der Waals surface area contributed by atoms with E-state index in [1.165, 1.54) is 30.0 Å². The molecule has 0 saturated heterocycles. The van der Waals surface area contributed by atoms with Crippen LogP contribution in [0, 0.1) is 15.5 Å². The number of non-ortho nitro benzene ring substituents is 1. The third-order valence-corrected chi connectivity index (χ3v) is 2.96. The van der Waals surface area contributed by atoms with Crippen LogP contribution >= 0.6 is 0 Å². The van der Waals surface area contributed by atoms with Crippen molar-refractivity contribution in [1.29, 1.82) is 0 Å². The van der Waals surface area contributed by atoms with Gasteiger partial charge in [0.25, 0.3) is 5.69 Å². The third kappa shape index (κ3) is 2.49. The molecule has 1 heterocycles. The van der Waals surface area contributed by atoms with Gasteiger partial charge >= 0.3 is 0 Å². The van der Waals surface area contributed by atoms with Gasteiger partial charge < -0.3 is 4.74 Å². The molecule has 20 heavy (non-hydrogen) atoms. The van der Waals surface area contributed by atoms with Crippen LogP contribution in [0.5, 0.6) is 5.75 Å². The molecule has 1 aromatic carbocycles. The predicted molar refractivity (Wildman–Crippen MR) is 74.4 cm³/mol. The number of anilines is 1. The van der Waals surface area contributed by atoms with Gasteiger partial charge in [0.2, 0.25) is 5.91 Å². The Kier molecular flexibility index (Phi) is 3.25. The van der Waals surface area contributed by atoms with Crippen LogP contribution in [0.3, 0.4) is 0 Å². The number of carbonyl (C=O) groups excluding carboxylic acids is 1. The van der Waals surface area contributed by atoms with Crippen molar-refractivity contribution < 1.29 is 14.5 Å². The number of nitrogens with zero attached hydrogens (tertiary/aromatic N) is 2. The Morgan fingerprint density at radius 1 is 1.35 bits per heavy atom. The van der Waals surface area contributed by atoms with E-state index in [9.17, 15) is 14.9 Å². The molecule has 6 heteroatoms. The van der Waals surface area contributed by atoms with Crippen molar-refractivity contribution in [1.82, 2.24) is 0 Å². The second kappa shape index (κ2) is 4.63. The van der Waals surface area contributed by atoms with Crippen molar-refractivity contribution in [2.45, 2.75) is 27.7 Å². The largest absolute Gasteiger partial charge is 0.457 e. The normalized spacial score (nSPS) is 14.2. The molecule has 2 rings (SSSR count). The number of nitro groups is 1. The van der Waals surface area contributed by atoms with Crippen LogP contribution in [0.4, 0.5) is 11.4 Å². The van der Waals surface area contributed by atoms with Crippen LogP contribution < -0.4 is 9.64 Å². The predicted octanol–water partition coefficient (Wildman–Crippen LogP) is 3.23. The molecule has 1 aliphatic heterocycles. The molecular formula is C14H16N2O4. The Hall–Kier alpha value is -2.37. The number of hydrogen-bond acceptors (Lipinski definition) is 4. The average molecular weight is 276 g/mol. The molecule has 6 nitrogen and oxygen atoms in total. The van der Waals surface area contributed by atoms with E-state index in [-0.39, 0.29) is 17.0 Å². The number of hydrogen-bond donors (Lipinski definition) is 0. The van der Waals surface area contributed by atoms with Gasteiger partial charge in [0.15, 0.2) is 5.75 Å². The van der Waals surface area contributed by atoms with Crippen LogP contribution in [-0.2, 0) is 4.79 Å². The van der Waals surface area contributed by atoms with E-state index in [1.807, 2.05) is 20.8 Å². The van der Waals surface area contributed by atoms with E-state index in [1.54, 1.807) is 6.20 Å². The lowest BCUT2D eigenvalue weighted by Gasteiger charge is -2.32. The maximum absolute atomic E-state index is 11.8. The molecule has 0 atom stereocenters. The summed E-state index contributed by atoms with van der Waals surface area (Å²) >= 11 is 0. The molecule has 1 aliphatic rings. The first-order chi connectivity index (χ1) is 9.20. The van der Waals surface area contributed by atoms with E-state index in [2.05, 4.69) is 0 Å². The molecule has 1 amide bonds. The van der Waals surface area contributed by atoms with Crippen LogP contribution in [0.25, 0.3) is 0 Å². The third-order valence-electron chi connectivity index (χ3n) is 2.96. The van der Waals surface area contributed by atoms with Crippen LogP contribution in [0.15, 0.2) is 30.2 Å². The molecule has 1 aromatic rings. The van der Waals surface area contributed by atoms with Gasteiger partial charge in [-0.05, 0) is 6.07 Å². The first kappa shape index (κ1) is 14.0. The standard InChI is InChI=1S/C14H16N2O4/c1-9(17)15-8-13(14(2,3)4)20-12-6-5-10(16(18)19)7-11(12)15/h5-8H,1-4H3. The maximum atomic E-state index is 11.8. The average Bonchev–Trinajstić information content (AvgIpc) is 2.35. The fourth-order valence-corrected chi connectivity index (χ4v) is 1.83. The highest BCUT2D eigenvalue weighted by molar-refractivity contribution is 5.96. The van der Waals surface area contributed by atoms with Crippen molar-refractivity contribution in [3.05, 3.63) is 40.3 Å². The zero-order valence-corrected chi connectivity index (χ0v) is 11.8. The van der Waals surface area contributed by atoms with Gasteiger partial charge in [0.1, 0.15) is 5.76 Å². The molecule has 0 radical (unpaired) electrons. The first-order valence-electron chi connectivity index (χ1n) is 6.18. The summed E-state index contributed by atoms with van der Waals surface area (Å²) in [6, 6.07) is 4.22. The van der Waals surface area contributed by atoms with Gasteiger partial charge in [-0.25, -0.2) is 0 Å². The highest BCUT2D eigenvalue weighted by atomic mass is 16.6. The number of fused-ring (bicyclic) bond motifs is 1. The lowest BCUT2D eigenvalue weighted by molar-refractivity contribution is -0.384. The molecule has 0 spiro atoms. The number of ether oxygens (including phenoxy) is 1. The fraction of sp³-hybridized carbons (Fsp3) is 0.357. The van der Waals surface area contributed by atoms with Crippen LogP contribution in [-0.4, -0.2) is 10.8 Å². The van der Waals surface area contributed by atoms with E-state index >= 15 is 0 Å². The van der Waals surface area contributed by atoms with Gasteiger partial charge in [0.05, 0.1) is 16.8 Å². The Morgan fingerprint density at radius 3 is 2.50 bits per heavy atom. The zero-order chi connectivity index (χ0) is 15.1. The van der Waals surface area contributed by atoms with E-state index in [4.69, 9.17) is 4.74 Å². The summed E-state index contributed by atoms with van der Waals surface area (Å²) in [6.45, 7) is 7.30. The number of nitro benzene ring substituents is 1. The molecule has 0 N–H and O–H groups in total. The minimum absolute atomic E-state index is 0.0776. The summed E-state index contributed by atoms with van der Waals surface area (Å²) in [4.78, 5) is 23.5. The molecular weight excluding hydrogens is 260 g/mol. The molecule has 0 bridgehead atoms. The quantitative estimate of drug-likeness (QED) is 0.583. The summed E-state index contributed by atoms with van der Waals surface area (Å²) in [5.41, 5.74) is 0.0404. The summed E-state index contributed by atoms with van der Waals surface area (Å²) in [6.07, 6.45) is 1.59. The highest BCUT2D eigenvalue weighted by Crippen LogP contribution is 2.41. The maximum Gasteiger partial charge on any atom is 0.271 e. The van der Waals surface area contributed by atoms with Gasteiger partial charge in [-0.1, -0.05) is 20.8 Å². The molecule has 0 fully saturated rings. The minimum atomic E-state index is -0.498. The summed E-state index contributed by atoms with van der Waals surface area (Å²) in [5, 5.41) is 10.8. The Labute approximate surface area is 116 Å². The van der Waals surface area contributed by atoms with Crippen molar-refractivity contribution in [2.24, 2.45) is 5.41 Å². The molecule has 0 saturated carbocycles. The Balaban J connectivity index is 2.55. The van der Waals surface area contributed by atoms with Gasteiger partial charge in [-0.2, -0.15) is 0 Å². The summed E-state index contributed by atoms with van der Waals surface area (Å²) in [5.74, 6) is 0.851. The monoisotopic (exact) mass is 276 g/mol. The molecule has 0 aromatic heterocycles. The number of benzene rings is 1. The summed E-state index contributed by atoms with van der Waals surface area (Å²) in [7, 11) is 0. The topological polar surface area (TPSA) is 72.7 Å². The SMILES string of the molecule is CC(=O)N1C=C(C(C)(C)C)Oc2ccc([N+](=O)[O-])cc21. The highest BCUT2D eigenvalue weighted by Gasteiger charge is 2.29. The first-order valence-corrected chi connectivity index (χ1v) is 6.18. The van der Waals surface area contributed by atoms with Crippen LogP contribution in [0.2, 0.25) is 0 Å². The van der Waals surface area contributed by atoms with Gasteiger partial charge in [-0.3, -0.25) is 19.8 Å². The van der Waals surface area contributed by atoms with E-state index in [0.29, 0.717) is 17.2 Å². The smallest absolute Gasteiger partial charge is 0.271 e. The lowest BCUT2D eigenvalue weighted by atomic mass is 9.93. The van der Waals surface area contributed by atoms with Crippen molar-refractivity contribution in [3.63, 3.8) is 0 Å². The van der Waals surface area contributed by atoms with E-state index in [0.717, 1.165) is 0 Å². The van der Waals surface area contributed by atoms with Crippen LogP contribution in [0.1, 0.15) is 27.7 Å². The number of amides is 1. The second-order valence-electron chi connectivity index (χ2n) is 5.64. The number of allylic oxidation sites excluding steroid dienone is 1. The second-order valence-corrected chi connectivity index (χ2v) is 5.64. The van der Waals surface area contributed by atoms with E-state index < -0.39 is 4.92 Å². The fourth-order valence-electron chi connectivity index (χ4n) is 1.83. The Morgan fingerprint density at radius 2 is 2.00 bits per heavy atom. The summed E-state index contributed by atoms with van der Waals surface area (Å²) < 4.78 is 5.76. The minimum Gasteiger partial charge on any atom is -0.457 e. The van der Waals surface area contributed by atoms with Gasteiger partial charge in [0, 0.05) is 24.5 Å². The molecule has 0 unspecified atom stereocenters. The number of rotatable bonds is 1.